The van der Waals surface area contributed by atoms with Gasteiger partial charge in [0.1, 0.15) is 17.5 Å². The molecular weight excluding hydrogens is 208 g/mol. The van der Waals surface area contributed by atoms with Crippen molar-refractivity contribution in [3.05, 3.63) is 35.2 Å². The molecule has 2 rings (SSSR count). The van der Waals surface area contributed by atoms with Crippen LogP contribution in [0.2, 0.25) is 0 Å². The Morgan fingerprint density at radius 3 is 2.67 bits per heavy atom. The Balaban J connectivity index is 2.42. The average Bonchev–Trinajstić information content (AvgIpc) is 2.77. The van der Waals surface area contributed by atoms with Gasteiger partial charge in [0.25, 0.3) is 0 Å². The molecule has 0 saturated carbocycles. The molecule has 0 N–H and O–H groups in total. The van der Waals surface area contributed by atoms with E-state index in [9.17, 15) is 0 Å². The highest BCUT2D eigenvalue weighted by molar-refractivity contribution is 7.04. The lowest BCUT2D eigenvalue weighted by Gasteiger charge is -2.00. The number of aromatic nitrogens is 1. The van der Waals surface area contributed by atoms with Gasteiger partial charge in [0.05, 0.1) is 12.7 Å². The zero-order valence-electron chi connectivity index (χ0n) is 8.10. The summed E-state index contributed by atoms with van der Waals surface area (Å²) in [6.45, 7) is 0. The molecule has 15 heavy (non-hydrogen) atoms. The summed E-state index contributed by atoms with van der Waals surface area (Å²) in [4.78, 5) is 0. The number of rotatable bonds is 2. The maximum Gasteiger partial charge on any atom is 0.118 e. The van der Waals surface area contributed by atoms with Gasteiger partial charge in [-0.2, -0.15) is 9.64 Å². The molecule has 0 bridgehead atoms. The van der Waals surface area contributed by atoms with Crippen LogP contribution in [0.3, 0.4) is 0 Å². The maximum atomic E-state index is 8.86. The number of hydrogen-bond acceptors (Lipinski definition) is 4. The second kappa shape index (κ2) is 4.11. The Bertz CT molecular complexity index is 496. The number of nitriles is 1. The highest BCUT2D eigenvalue weighted by Crippen LogP contribution is 2.25. The van der Waals surface area contributed by atoms with Crippen molar-refractivity contribution >= 4 is 11.5 Å². The lowest BCUT2D eigenvalue weighted by Crippen LogP contribution is -1.84. The second-order valence-electron chi connectivity index (χ2n) is 2.92. The summed E-state index contributed by atoms with van der Waals surface area (Å²) in [6.07, 6.45) is 0. The van der Waals surface area contributed by atoms with Gasteiger partial charge in [0.15, 0.2) is 0 Å². The normalized spacial score (nSPS) is 9.60. The van der Waals surface area contributed by atoms with E-state index in [0.29, 0.717) is 5.56 Å². The molecule has 0 atom stereocenters. The first-order chi connectivity index (χ1) is 7.35. The molecule has 4 heteroatoms. The minimum Gasteiger partial charge on any atom is -0.497 e. The fourth-order valence-corrected chi connectivity index (χ4v) is 1.90. The van der Waals surface area contributed by atoms with Crippen LogP contribution < -0.4 is 4.74 Å². The summed E-state index contributed by atoms with van der Waals surface area (Å²) in [6, 6.07) is 9.63. The highest BCUT2D eigenvalue weighted by Gasteiger charge is 2.07. The van der Waals surface area contributed by atoms with E-state index in [1.807, 2.05) is 24.3 Å². The standard InChI is InChI=1S/C11H8N2OS/c1-14-10-4-2-8(3-5-10)11-9(6-12)7-15-13-11/h2-5,7H,1H3. The third kappa shape index (κ3) is 1.83. The van der Waals surface area contributed by atoms with Crippen molar-refractivity contribution < 1.29 is 4.74 Å². The van der Waals surface area contributed by atoms with E-state index in [4.69, 9.17) is 10.00 Å². The molecule has 1 aromatic carbocycles. The van der Waals surface area contributed by atoms with E-state index in [2.05, 4.69) is 10.4 Å². The number of nitrogens with zero attached hydrogens (tertiary/aromatic N) is 2. The zero-order valence-corrected chi connectivity index (χ0v) is 8.91. The van der Waals surface area contributed by atoms with Crippen LogP contribution in [0.1, 0.15) is 5.56 Å². The van der Waals surface area contributed by atoms with E-state index < -0.39 is 0 Å². The predicted molar refractivity (Wildman–Crippen MR) is 58.8 cm³/mol. The van der Waals surface area contributed by atoms with Crippen molar-refractivity contribution in [1.82, 2.24) is 4.37 Å². The second-order valence-corrected chi connectivity index (χ2v) is 3.55. The summed E-state index contributed by atoms with van der Waals surface area (Å²) < 4.78 is 9.25. The number of methoxy groups -OCH3 is 1. The van der Waals surface area contributed by atoms with Gasteiger partial charge in [-0.3, -0.25) is 0 Å². The molecule has 1 aromatic heterocycles. The Hall–Kier alpha value is -1.86. The van der Waals surface area contributed by atoms with Gasteiger partial charge >= 0.3 is 0 Å². The van der Waals surface area contributed by atoms with E-state index >= 15 is 0 Å². The first-order valence-electron chi connectivity index (χ1n) is 4.34. The Morgan fingerprint density at radius 2 is 2.07 bits per heavy atom. The molecule has 0 radical (unpaired) electrons. The summed E-state index contributed by atoms with van der Waals surface area (Å²) in [5, 5.41) is 10.6. The van der Waals surface area contributed by atoms with Gasteiger partial charge < -0.3 is 4.74 Å². The third-order valence-corrected chi connectivity index (χ3v) is 2.68. The van der Waals surface area contributed by atoms with Crippen molar-refractivity contribution in [3.63, 3.8) is 0 Å². The summed E-state index contributed by atoms with van der Waals surface area (Å²) in [5.74, 6) is 0.799. The van der Waals surface area contributed by atoms with Crippen molar-refractivity contribution in [2.24, 2.45) is 0 Å². The lowest BCUT2D eigenvalue weighted by molar-refractivity contribution is 0.415. The minimum atomic E-state index is 0.616. The van der Waals surface area contributed by atoms with Crippen molar-refractivity contribution in [3.8, 4) is 23.1 Å². The molecule has 0 aliphatic carbocycles. The topological polar surface area (TPSA) is 45.9 Å². The fraction of sp³-hybridized carbons (Fsp3) is 0.0909. The number of benzene rings is 1. The highest BCUT2D eigenvalue weighted by atomic mass is 32.1. The summed E-state index contributed by atoms with van der Waals surface area (Å²) in [7, 11) is 1.62. The van der Waals surface area contributed by atoms with Crippen molar-refractivity contribution in [2.75, 3.05) is 7.11 Å². The molecule has 0 aliphatic rings. The largest absolute Gasteiger partial charge is 0.497 e. The molecule has 0 amide bonds. The molecule has 0 unspecified atom stereocenters. The van der Waals surface area contributed by atoms with Gasteiger partial charge in [0, 0.05) is 10.9 Å². The van der Waals surface area contributed by atoms with Gasteiger partial charge in [-0.05, 0) is 35.8 Å². The van der Waals surface area contributed by atoms with Gasteiger partial charge in [-0.1, -0.05) is 0 Å². The fourth-order valence-electron chi connectivity index (χ4n) is 1.27. The molecule has 0 spiro atoms. The van der Waals surface area contributed by atoms with E-state index in [-0.39, 0.29) is 0 Å². The van der Waals surface area contributed by atoms with E-state index in [0.717, 1.165) is 17.0 Å². The summed E-state index contributed by atoms with van der Waals surface area (Å²) >= 11 is 1.29. The lowest BCUT2D eigenvalue weighted by atomic mass is 10.1. The van der Waals surface area contributed by atoms with Crippen molar-refractivity contribution in [2.45, 2.75) is 0 Å². The van der Waals surface area contributed by atoms with Crippen molar-refractivity contribution in [1.29, 1.82) is 5.26 Å². The molecule has 0 aliphatic heterocycles. The number of ether oxygens (including phenoxy) is 1. The van der Waals surface area contributed by atoms with E-state index in [1.165, 1.54) is 11.5 Å². The monoisotopic (exact) mass is 216 g/mol. The number of hydrogen-bond donors (Lipinski definition) is 0. The molecule has 0 saturated heterocycles. The minimum absolute atomic E-state index is 0.616. The molecule has 3 nitrogen and oxygen atoms in total. The molecule has 2 aromatic rings. The zero-order chi connectivity index (χ0) is 10.7. The average molecular weight is 216 g/mol. The first-order valence-corrected chi connectivity index (χ1v) is 5.17. The van der Waals surface area contributed by atoms with Crippen LogP contribution in [0.4, 0.5) is 0 Å². The molecule has 0 fully saturated rings. The van der Waals surface area contributed by atoms with Crippen LogP contribution in [0.25, 0.3) is 11.3 Å². The Kier molecular flexibility index (Phi) is 2.66. The third-order valence-electron chi connectivity index (χ3n) is 2.05. The molecular formula is C11H8N2OS. The van der Waals surface area contributed by atoms with E-state index in [1.54, 1.807) is 12.5 Å². The van der Waals surface area contributed by atoms with Gasteiger partial charge in [0.2, 0.25) is 0 Å². The molecule has 1 heterocycles. The maximum absolute atomic E-state index is 8.86. The van der Waals surface area contributed by atoms with Crippen LogP contribution in [-0.2, 0) is 0 Å². The quantitative estimate of drug-likeness (QED) is 0.775. The predicted octanol–water partition coefficient (Wildman–Crippen LogP) is 2.69. The smallest absolute Gasteiger partial charge is 0.118 e. The Labute approximate surface area is 91.7 Å². The van der Waals surface area contributed by atoms with Gasteiger partial charge in [-0.15, -0.1) is 0 Å². The first kappa shape index (κ1) is 9.69. The van der Waals surface area contributed by atoms with Crippen LogP contribution in [-0.4, -0.2) is 11.5 Å². The molecule has 74 valence electrons. The van der Waals surface area contributed by atoms with Crippen LogP contribution in [0, 0.1) is 11.3 Å². The summed E-state index contributed by atoms with van der Waals surface area (Å²) in [5.41, 5.74) is 2.30. The van der Waals surface area contributed by atoms with Gasteiger partial charge in [-0.25, -0.2) is 0 Å². The Morgan fingerprint density at radius 1 is 1.33 bits per heavy atom. The van der Waals surface area contributed by atoms with Crippen LogP contribution in [0.5, 0.6) is 5.75 Å². The SMILES string of the molecule is COc1ccc(-c2nscc2C#N)cc1. The van der Waals surface area contributed by atoms with Crippen LogP contribution >= 0.6 is 11.5 Å². The van der Waals surface area contributed by atoms with Crippen LogP contribution in [0.15, 0.2) is 29.6 Å².